The van der Waals surface area contributed by atoms with E-state index in [1.165, 1.54) is 0 Å². The number of nitrogens with zero attached hydrogens (tertiary/aromatic N) is 2. The molecule has 0 spiro atoms. The normalized spacial score (nSPS) is 32.0. The number of hydrogen-bond acceptors (Lipinski definition) is 9. The molecule has 3 aromatic rings. The van der Waals surface area contributed by atoms with Crippen LogP contribution in [0, 0.1) is 11.7 Å². The first-order valence-electron chi connectivity index (χ1n) is 13.7. The summed E-state index contributed by atoms with van der Waals surface area (Å²) in [5.74, 6) is -0.712. The number of aromatic amines is 2. The lowest BCUT2D eigenvalue weighted by Gasteiger charge is -2.54. The van der Waals surface area contributed by atoms with Gasteiger partial charge >= 0.3 is 11.7 Å². The zero-order valence-electron chi connectivity index (χ0n) is 22.1. The van der Waals surface area contributed by atoms with Crippen LogP contribution >= 0.6 is 0 Å². The van der Waals surface area contributed by atoms with Crippen molar-refractivity contribution in [3.8, 4) is 0 Å². The molecule has 1 unspecified atom stereocenters. The average molecular weight is 571 g/mol. The van der Waals surface area contributed by atoms with E-state index >= 15 is 0 Å². The van der Waals surface area contributed by atoms with E-state index in [0.29, 0.717) is 30.0 Å². The lowest BCUT2D eigenvalue weighted by atomic mass is 9.72. The van der Waals surface area contributed by atoms with Crippen LogP contribution in [0.1, 0.15) is 48.7 Å². The van der Waals surface area contributed by atoms with Gasteiger partial charge in [0.25, 0.3) is 5.56 Å². The first kappa shape index (κ1) is 27.5. The summed E-state index contributed by atoms with van der Waals surface area (Å²) in [5.41, 5.74) is -0.374. The van der Waals surface area contributed by atoms with Gasteiger partial charge in [0.05, 0.1) is 31.0 Å². The molecule has 5 aliphatic rings. The minimum Gasteiger partial charge on any atom is -0.459 e. The second kappa shape index (κ2) is 11.0. The molecule has 13 heteroatoms. The molecule has 4 bridgehead atoms. The number of nitrogens with one attached hydrogen (secondary N) is 2. The summed E-state index contributed by atoms with van der Waals surface area (Å²) in [6.07, 6.45) is 3.40. The first-order chi connectivity index (χ1) is 19.7. The van der Waals surface area contributed by atoms with Gasteiger partial charge in [0, 0.05) is 54.4 Å². The van der Waals surface area contributed by atoms with Gasteiger partial charge in [-0.2, -0.15) is 4.39 Å². The topological polar surface area (TPSA) is 167 Å². The van der Waals surface area contributed by atoms with Crippen LogP contribution < -0.4 is 11.2 Å². The Balaban J connectivity index is 0.000000158. The summed E-state index contributed by atoms with van der Waals surface area (Å²) in [5, 5.41) is 19.2. The Kier molecular flexibility index (Phi) is 7.36. The standard InChI is InChI=1S/C19H20N2O3.C9H11FN2O5/c22-18-10-21-12-5-11(18)6-13(21)8-14(7-12)24-19(23)16-9-20-17-4-2-1-3-15(16)17;10-4-2-12(9(16)11-8(4)15)7-1-5(14)6(3-13)17-7/h1-4,9,11-14,20H,5-8,10H2;2,5-7,13-14H,1,3H2,(H,11,15,16)/t11-,12+,13-,14+;5-,6+,7+/m.0/s1. The van der Waals surface area contributed by atoms with Gasteiger partial charge in [-0.25, -0.2) is 9.59 Å². The zero-order chi connectivity index (χ0) is 28.8. The van der Waals surface area contributed by atoms with E-state index in [4.69, 9.17) is 14.6 Å². The molecule has 0 saturated carbocycles. The van der Waals surface area contributed by atoms with E-state index in [0.717, 1.165) is 47.4 Å². The maximum Gasteiger partial charge on any atom is 0.340 e. The molecule has 4 N–H and O–H groups in total. The Bertz CT molecular complexity index is 1570. The average Bonchev–Trinajstić information content (AvgIpc) is 3.54. The Morgan fingerprint density at radius 3 is 2.51 bits per heavy atom. The molecule has 5 fully saturated rings. The fourth-order valence-electron chi connectivity index (χ4n) is 6.59. The molecule has 2 aromatic heterocycles. The largest absolute Gasteiger partial charge is 0.459 e. The number of esters is 1. The van der Waals surface area contributed by atoms with Crippen LogP contribution in [0.25, 0.3) is 10.9 Å². The van der Waals surface area contributed by atoms with Crippen LogP contribution in [0.15, 0.2) is 46.2 Å². The third-order valence-corrected chi connectivity index (χ3v) is 8.62. The highest BCUT2D eigenvalue weighted by molar-refractivity contribution is 6.04. The summed E-state index contributed by atoms with van der Waals surface area (Å²) in [6, 6.07) is 8.58. The number of hydrogen-bond donors (Lipinski definition) is 4. The van der Waals surface area contributed by atoms with Crippen molar-refractivity contribution in [1.82, 2.24) is 19.4 Å². The monoisotopic (exact) mass is 570 g/mol. The van der Waals surface area contributed by atoms with Crippen LogP contribution in [0.5, 0.6) is 0 Å². The molecule has 0 aliphatic carbocycles. The van der Waals surface area contributed by atoms with Gasteiger partial charge in [-0.1, -0.05) is 18.2 Å². The van der Waals surface area contributed by atoms with Gasteiger partial charge in [-0.05, 0) is 18.9 Å². The highest BCUT2D eigenvalue weighted by Gasteiger charge is 2.49. The molecule has 5 saturated heterocycles. The highest BCUT2D eigenvalue weighted by Crippen LogP contribution is 2.42. The second-order valence-electron chi connectivity index (χ2n) is 11.1. The molecule has 1 aromatic carbocycles. The van der Waals surface area contributed by atoms with E-state index in [9.17, 15) is 28.7 Å². The molecule has 218 valence electrons. The predicted molar refractivity (Wildman–Crippen MR) is 142 cm³/mol. The predicted octanol–water partition coefficient (Wildman–Crippen LogP) is 0.835. The van der Waals surface area contributed by atoms with Crippen molar-refractivity contribution >= 4 is 22.7 Å². The van der Waals surface area contributed by atoms with Crippen LogP contribution in [-0.4, -0.2) is 84.9 Å². The number of para-hydroxylation sites is 1. The van der Waals surface area contributed by atoms with Crippen molar-refractivity contribution in [2.24, 2.45) is 5.92 Å². The van der Waals surface area contributed by atoms with Crippen LogP contribution in [0.2, 0.25) is 0 Å². The van der Waals surface area contributed by atoms with Crippen LogP contribution in [0.4, 0.5) is 4.39 Å². The molecule has 5 aliphatic heterocycles. The number of ether oxygens (including phenoxy) is 2. The number of carbonyl (C=O) groups excluding carboxylic acids is 2. The van der Waals surface area contributed by atoms with Crippen molar-refractivity contribution in [1.29, 1.82) is 0 Å². The molecular formula is C28H31FN4O8. The Morgan fingerprint density at radius 2 is 1.83 bits per heavy atom. The summed E-state index contributed by atoms with van der Waals surface area (Å²) < 4.78 is 24.9. The van der Waals surface area contributed by atoms with Crippen molar-refractivity contribution in [3.05, 3.63) is 68.9 Å². The number of piperidine rings is 4. The van der Waals surface area contributed by atoms with E-state index < -0.39 is 42.1 Å². The lowest BCUT2D eigenvalue weighted by Crippen LogP contribution is -2.63. The maximum absolute atomic E-state index is 13.0. The number of ketones is 1. The number of fused-ring (bicyclic) bond motifs is 2. The zero-order valence-corrected chi connectivity index (χ0v) is 22.1. The molecule has 8 atom stereocenters. The Hall–Kier alpha value is -3.65. The Labute approximate surface area is 232 Å². The number of Topliss-reactive ketones (excluding diaryl/α,β-unsaturated/α-hetero) is 1. The quantitative estimate of drug-likeness (QED) is 0.332. The van der Waals surface area contributed by atoms with Gasteiger partial charge in [0.1, 0.15) is 24.2 Å². The summed E-state index contributed by atoms with van der Waals surface area (Å²) >= 11 is 0. The van der Waals surface area contributed by atoms with Crippen molar-refractivity contribution in [2.45, 2.75) is 68.7 Å². The lowest BCUT2D eigenvalue weighted by molar-refractivity contribution is -0.145. The summed E-state index contributed by atoms with van der Waals surface area (Å²) in [4.78, 5) is 54.0. The number of aliphatic hydroxyl groups excluding tert-OH is 2. The van der Waals surface area contributed by atoms with Crippen LogP contribution in [-0.2, 0) is 14.3 Å². The fourth-order valence-corrected chi connectivity index (χ4v) is 6.59. The number of carbonyl (C=O) groups is 2. The van der Waals surface area contributed by atoms with Crippen LogP contribution in [0.3, 0.4) is 0 Å². The smallest absolute Gasteiger partial charge is 0.340 e. The molecule has 0 amide bonds. The summed E-state index contributed by atoms with van der Waals surface area (Å²) in [6.45, 7) is 0.196. The van der Waals surface area contributed by atoms with E-state index in [1.807, 2.05) is 24.3 Å². The highest BCUT2D eigenvalue weighted by atomic mass is 19.1. The maximum atomic E-state index is 13.0. The van der Waals surface area contributed by atoms with Gasteiger partial charge in [0.2, 0.25) is 5.82 Å². The number of benzene rings is 1. The SMILES string of the molecule is O=C(O[C@H]1C[C@@H]2C[C@@H]3C[C@H](C1)N2CC3=O)c1c[nH]c2ccccc12.O=c1[nH]c(=O)n([C@H]2C[C@H](O)[C@@H](CO)O2)cc1F. The minimum atomic E-state index is -1.12. The second-order valence-corrected chi connectivity index (χ2v) is 11.1. The first-order valence-corrected chi connectivity index (χ1v) is 13.7. The van der Waals surface area contributed by atoms with E-state index in [-0.39, 0.29) is 24.4 Å². The molecule has 7 heterocycles. The summed E-state index contributed by atoms with van der Waals surface area (Å²) in [7, 11) is 0. The third kappa shape index (κ3) is 5.25. The van der Waals surface area contributed by atoms with Gasteiger partial charge in [0.15, 0.2) is 0 Å². The number of aliphatic hydroxyl groups is 2. The van der Waals surface area contributed by atoms with E-state index in [1.54, 1.807) is 11.2 Å². The number of H-pyrrole nitrogens is 2. The van der Waals surface area contributed by atoms with Crippen molar-refractivity contribution < 1.29 is 33.7 Å². The molecule has 41 heavy (non-hydrogen) atoms. The van der Waals surface area contributed by atoms with Gasteiger partial charge in [-0.15, -0.1) is 0 Å². The molecule has 0 radical (unpaired) electrons. The van der Waals surface area contributed by atoms with Crippen molar-refractivity contribution in [2.75, 3.05) is 13.2 Å². The minimum absolute atomic E-state index is 0.0356. The molecule has 12 nitrogen and oxygen atoms in total. The molecule has 8 rings (SSSR count). The van der Waals surface area contributed by atoms with Crippen molar-refractivity contribution in [3.63, 3.8) is 0 Å². The third-order valence-electron chi connectivity index (χ3n) is 8.62. The number of halogens is 1. The van der Waals surface area contributed by atoms with Gasteiger partial charge in [-0.3, -0.25) is 24.0 Å². The Morgan fingerprint density at radius 1 is 1.10 bits per heavy atom. The molecular weight excluding hydrogens is 539 g/mol. The number of aromatic nitrogens is 3. The number of rotatable bonds is 4. The van der Waals surface area contributed by atoms with E-state index in [2.05, 4.69) is 9.88 Å². The van der Waals surface area contributed by atoms with Gasteiger partial charge < -0.3 is 24.7 Å². The fraction of sp³-hybridized carbons (Fsp3) is 0.500.